The first-order valence-electron chi connectivity index (χ1n) is 4.66. The SMILES string of the molecule is Cc1c(C)n(C)c2ccc(C=O)cc12. The normalized spacial score (nSPS) is 10.8. The molecule has 1 aromatic carbocycles. The summed E-state index contributed by atoms with van der Waals surface area (Å²) in [5, 5.41) is 1.18. The molecule has 0 N–H and O–H groups in total. The highest BCUT2D eigenvalue weighted by molar-refractivity contribution is 5.90. The molecule has 14 heavy (non-hydrogen) atoms. The highest BCUT2D eigenvalue weighted by Crippen LogP contribution is 2.24. The van der Waals surface area contributed by atoms with Crippen LogP contribution in [0.3, 0.4) is 0 Å². The van der Waals surface area contributed by atoms with Crippen molar-refractivity contribution in [2.24, 2.45) is 7.05 Å². The van der Waals surface area contributed by atoms with Crippen molar-refractivity contribution in [1.29, 1.82) is 0 Å². The Morgan fingerprint density at radius 2 is 2.00 bits per heavy atom. The Balaban J connectivity index is 2.88. The van der Waals surface area contributed by atoms with Gasteiger partial charge in [0.1, 0.15) is 6.29 Å². The number of rotatable bonds is 1. The third-order valence-corrected chi connectivity index (χ3v) is 2.97. The lowest BCUT2D eigenvalue weighted by atomic mass is 10.1. The van der Waals surface area contributed by atoms with Crippen LogP contribution in [-0.2, 0) is 7.05 Å². The molecule has 0 radical (unpaired) electrons. The maximum Gasteiger partial charge on any atom is 0.150 e. The van der Waals surface area contributed by atoms with Gasteiger partial charge in [-0.2, -0.15) is 0 Å². The summed E-state index contributed by atoms with van der Waals surface area (Å²) in [5.74, 6) is 0. The molecule has 0 saturated heterocycles. The van der Waals surface area contributed by atoms with E-state index in [0.29, 0.717) is 0 Å². The molecule has 0 aliphatic rings. The standard InChI is InChI=1S/C12H13NO/c1-8-9(2)13(3)12-5-4-10(7-14)6-11(8)12/h4-7H,1-3H3. The molecule has 0 aliphatic heterocycles. The Hall–Kier alpha value is -1.57. The fourth-order valence-corrected chi connectivity index (χ4v) is 1.85. The first-order chi connectivity index (χ1) is 6.65. The summed E-state index contributed by atoms with van der Waals surface area (Å²) in [6.45, 7) is 4.18. The topological polar surface area (TPSA) is 22.0 Å². The van der Waals surface area contributed by atoms with E-state index in [4.69, 9.17) is 0 Å². The number of benzene rings is 1. The lowest BCUT2D eigenvalue weighted by Gasteiger charge is -1.97. The number of aryl methyl sites for hydroxylation is 2. The van der Waals surface area contributed by atoms with Gasteiger partial charge in [-0.05, 0) is 37.6 Å². The van der Waals surface area contributed by atoms with E-state index in [1.165, 1.54) is 22.2 Å². The van der Waals surface area contributed by atoms with Gasteiger partial charge < -0.3 is 4.57 Å². The van der Waals surface area contributed by atoms with Gasteiger partial charge in [-0.3, -0.25) is 4.79 Å². The predicted molar refractivity (Wildman–Crippen MR) is 57.8 cm³/mol. The molecule has 2 aromatic rings. The number of aldehydes is 1. The molecule has 2 rings (SSSR count). The van der Waals surface area contributed by atoms with E-state index in [0.717, 1.165) is 11.8 Å². The quantitative estimate of drug-likeness (QED) is 0.629. The third kappa shape index (κ3) is 1.07. The van der Waals surface area contributed by atoms with Crippen molar-refractivity contribution in [1.82, 2.24) is 4.57 Å². The lowest BCUT2D eigenvalue weighted by Crippen LogP contribution is -1.90. The molecule has 1 heterocycles. The molecular weight excluding hydrogens is 174 g/mol. The number of fused-ring (bicyclic) bond motifs is 1. The largest absolute Gasteiger partial charge is 0.348 e. The molecule has 0 amide bonds. The first-order valence-corrected chi connectivity index (χ1v) is 4.66. The van der Waals surface area contributed by atoms with Crippen molar-refractivity contribution in [3.63, 3.8) is 0 Å². The van der Waals surface area contributed by atoms with Crippen LogP contribution >= 0.6 is 0 Å². The van der Waals surface area contributed by atoms with Crippen molar-refractivity contribution in [3.05, 3.63) is 35.0 Å². The van der Waals surface area contributed by atoms with Crippen LogP contribution in [0.5, 0.6) is 0 Å². The summed E-state index contributed by atoms with van der Waals surface area (Å²) >= 11 is 0. The van der Waals surface area contributed by atoms with Crippen LogP contribution in [0.15, 0.2) is 18.2 Å². The monoisotopic (exact) mass is 187 g/mol. The molecule has 1 aromatic heterocycles. The van der Waals surface area contributed by atoms with Gasteiger partial charge in [0, 0.05) is 29.2 Å². The Morgan fingerprint density at radius 1 is 1.29 bits per heavy atom. The second kappa shape index (κ2) is 2.98. The minimum Gasteiger partial charge on any atom is -0.348 e. The van der Waals surface area contributed by atoms with E-state index >= 15 is 0 Å². The van der Waals surface area contributed by atoms with Gasteiger partial charge >= 0.3 is 0 Å². The van der Waals surface area contributed by atoms with E-state index in [9.17, 15) is 4.79 Å². The van der Waals surface area contributed by atoms with Gasteiger partial charge in [-0.1, -0.05) is 0 Å². The minimum atomic E-state index is 0.742. The molecule has 0 bridgehead atoms. The van der Waals surface area contributed by atoms with Crippen LogP contribution in [0, 0.1) is 13.8 Å². The smallest absolute Gasteiger partial charge is 0.150 e. The highest BCUT2D eigenvalue weighted by Gasteiger charge is 2.07. The Kier molecular flexibility index (Phi) is 1.92. The van der Waals surface area contributed by atoms with Crippen LogP contribution in [0.1, 0.15) is 21.6 Å². The van der Waals surface area contributed by atoms with Crippen LogP contribution in [0.4, 0.5) is 0 Å². The van der Waals surface area contributed by atoms with E-state index in [2.05, 4.69) is 18.4 Å². The zero-order chi connectivity index (χ0) is 10.3. The zero-order valence-corrected chi connectivity index (χ0v) is 8.66. The van der Waals surface area contributed by atoms with Crippen LogP contribution in [-0.4, -0.2) is 10.9 Å². The minimum absolute atomic E-state index is 0.742. The van der Waals surface area contributed by atoms with Crippen LogP contribution in [0.2, 0.25) is 0 Å². The van der Waals surface area contributed by atoms with E-state index in [1.807, 2.05) is 25.2 Å². The Morgan fingerprint density at radius 3 is 2.64 bits per heavy atom. The molecule has 0 fully saturated rings. The summed E-state index contributed by atoms with van der Waals surface area (Å²) in [5.41, 5.74) is 4.44. The summed E-state index contributed by atoms with van der Waals surface area (Å²) in [6.07, 6.45) is 0.890. The van der Waals surface area contributed by atoms with Crippen molar-refractivity contribution in [2.45, 2.75) is 13.8 Å². The zero-order valence-electron chi connectivity index (χ0n) is 8.66. The lowest BCUT2D eigenvalue weighted by molar-refractivity contribution is 0.112. The average Bonchev–Trinajstić information content (AvgIpc) is 2.44. The highest BCUT2D eigenvalue weighted by atomic mass is 16.1. The van der Waals surface area contributed by atoms with E-state index in [-0.39, 0.29) is 0 Å². The van der Waals surface area contributed by atoms with Crippen molar-refractivity contribution >= 4 is 17.2 Å². The number of carbonyl (C=O) groups is 1. The summed E-state index contributed by atoms with van der Waals surface area (Å²) in [4.78, 5) is 10.6. The maximum absolute atomic E-state index is 10.6. The van der Waals surface area contributed by atoms with Gasteiger partial charge in [-0.15, -0.1) is 0 Å². The van der Waals surface area contributed by atoms with E-state index in [1.54, 1.807) is 0 Å². The Bertz CT molecular complexity index is 509. The van der Waals surface area contributed by atoms with Crippen molar-refractivity contribution < 1.29 is 4.79 Å². The molecular formula is C12H13NO. The third-order valence-electron chi connectivity index (χ3n) is 2.97. The van der Waals surface area contributed by atoms with Gasteiger partial charge in [-0.25, -0.2) is 0 Å². The van der Waals surface area contributed by atoms with Gasteiger partial charge in [0.05, 0.1) is 0 Å². The molecule has 2 heteroatoms. The molecule has 0 spiro atoms. The van der Waals surface area contributed by atoms with Gasteiger partial charge in [0.2, 0.25) is 0 Å². The van der Waals surface area contributed by atoms with Crippen LogP contribution < -0.4 is 0 Å². The van der Waals surface area contributed by atoms with Crippen LogP contribution in [0.25, 0.3) is 10.9 Å². The number of nitrogens with zero attached hydrogens (tertiary/aromatic N) is 1. The molecule has 0 aliphatic carbocycles. The van der Waals surface area contributed by atoms with Crippen molar-refractivity contribution in [3.8, 4) is 0 Å². The fraction of sp³-hybridized carbons (Fsp3) is 0.250. The first kappa shape index (κ1) is 9.00. The summed E-state index contributed by atoms with van der Waals surface area (Å²) in [7, 11) is 2.05. The maximum atomic E-state index is 10.6. The number of aromatic nitrogens is 1. The second-order valence-electron chi connectivity index (χ2n) is 3.66. The number of hydrogen-bond donors (Lipinski definition) is 0. The Labute approximate surface area is 83.2 Å². The van der Waals surface area contributed by atoms with E-state index < -0.39 is 0 Å². The van der Waals surface area contributed by atoms with Gasteiger partial charge in [0.15, 0.2) is 0 Å². The summed E-state index contributed by atoms with van der Waals surface area (Å²) in [6, 6.07) is 5.80. The predicted octanol–water partition coefficient (Wildman–Crippen LogP) is 2.61. The fourth-order valence-electron chi connectivity index (χ4n) is 1.85. The van der Waals surface area contributed by atoms with Crippen molar-refractivity contribution in [2.75, 3.05) is 0 Å². The average molecular weight is 187 g/mol. The molecule has 2 nitrogen and oxygen atoms in total. The molecule has 72 valence electrons. The van der Waals surface area contributed by atoms with Gasteiger partial charge in [0.25, 0.3) is 0 Å². The molecule has 0 atom stereocenters. The number of carbonyl (C=O) groups excluding carboxylic acids is 1. The second-order valence-corrected chi connectivity index (χ2v) is 3.66. The molecule has 0 saturated carbocycles. The molecule has 0 unspecified atom stereocenters. The summed E-state index contributed by atoms with van der Waals surface area (Å²) < 4.78 is 2.15. The number of hydrogen-bond acceptors (Lipinski definition) is 1.